The van der Waals surface area contributed by atoms with E-state index in [1.807, 2.05) is 19.1 Å². The predicted molar refractivity (Wildman–Crippen MR) is 148 cm³/mol. The van der Waals surface area contributed by atoms with Crippen molar-refractivity contribution in [2.45, 2.75) is 57.8 Å². The monoisotopic (exact) mass is 597 g/mol. The summed E-state index contributed by atoms with van der Waals surface area (Å²) in [5, 5.41) is 0. The van der Waals surface area contributed by atoms with E-state index in [9.17, 15) is 9.59 Å². The summed E-state index contributed by atoms with van der Waals surface area (Å²) in [6.45, 7) is 3.26. The molecule has 0 unspecified atom stereocenters. The second-order valence-electron chi connectivity index (χ2n) is 9.56. The fourth-order valence-corrected chi connectivity index (χ4v) is 6.68. The maximum Gasteiger partial charge on any atom is 0.174 e. The number of allylic oxidation sites excluding steroid dienone is 4. The van der Waals surface area contributed by atoms with Crippen LogP contribution < -0.4 is 9.47 Å². The molecule has 1 aliphatic heterocycles. The first-order chi connectivity index (χ1) is 17.5. The van der Waals surface area contributed by atoms with Crippen molar-refractivity contribution in [1.29, 1.82) is 0 Å². The highest BCUT2D eigenvalue weighted by atomic mass is 127. The molecule has 0 fully saturated rings. The van der Waals surface area contributed by atoms with Gasteiger partial charge in [0.05, 0.1) is 17.3 Å². The van der Waals surface area contributed by atoms with Crippen LogP contribution in [0.2, 0.25) is 0 Å². The van der Waals surface area contributed by atoms with Crippen LogP contribution in [0.15, 0.2) is 65.0 Å². The molecule has 6 heteroatoms. The molecule has 1 heterocycles. The number of benzene rings is 2. The van der Waals surface area contributed by atoms with E-state index in [-0.39, 0.29) is 17.5 Å². The van der Waals surface area contributed by atoms with Crippen molar-refractivity contribution in [3.05, 3.63) is 79.7 Å². The average molecular weight is 597 g/mol. The van der Waals surface area contributed by atoms with E-state index >= 15 is 0 Å². The molecule has 3 aliphatic rings. The summed E-state index contributed by atoms with van der Waals surface area (Å²) < 4.78 is 12.5. The van der Waals surface area contributed by atoms with Crippen LogP contribution in [0.25, 0.3) is 0 Å². The maximum atomic E-state index is 13.5. The van der Waals surface area contributed by atoms with Gasteiger partial charge < -0.3 is 14.4 Å². The molecule has 5 rings (SSSR count). The highest BCUT2D eigenvalue weighted by molar-refractivity contribution is 14.1. The Hall–Kier alpha value is -2.61. The Bertz CT molecular complexity index is 1200. The van der Waals surface area contributed by atoms with E-state index in [0.717, 1.165) is 70.3 Å². The number of hydrogen-bond acceptors (Lipinski definition) is 5. The molecule has 188 valence electrons. The third kappa shape index (κ3) is 4.60. The minimum absolute atomic E-state index is 0.166. The van der Waals surface area contributed by atoms with Gasteiger partial charge in [0.15, 0.2) is 23.1 Å². The van der Waals surface area contributed by atoms with Crippen LogP contribution in [-0.4, -0.2) is 36.7 Å². The standard InChI is InChI=1S/C30H32INO4/c1-3-36-30-21(31)17-20(18-26(30)35-2)27-28-22(11-7-13-24(28)33)32(16-15-19-9-5-4-6-10-19)23-12-8-14-25(34)29(23)27/h4-6,9-10,17-18,27H,3,7-8,11-16H2,1-2H3. The average Bonchev–Trinajstić information content (AvgIpc) is 2.89. The number of methoxy groups -OCH3 is 1. The van der Waals surface area contributed by atoms with Gasteiger partial charge in [-0.05, 0) is 84.9 Å². The zero-order valence-electron chi connectivity index (χ0n) is 20.9. The lowest BCUT2D eigenvalue weighted by atomic mass is 9.71. The summed E-state index contributed by atoms with van der Waals surface area (Å²) in [5.74, 6) is 1.33. The van der Waals surface area contributed by atoms with Gasteiger partial charge in [-0.15, -0.1) is 0 Å². The van der Waals surface area contributed by atoms with Crippen molar-refractivity contribution in [3.63, 3.8) is 0 Å². The highest BCUT2D eigenvalue weighted by Gasteiger charge is 2.43. The first-order valence-electron chi connectivity index (χ1n) is 12.9. The lowest BCUT2D eigenvalue weighted by Crippen LogP contribution is -2.40. The largest absolute Gasteiger partial charge is 0.493 e. The number of halogens is 1. The van der Waals surface area contributed by atoms with Crippen LogP contribution in [0.3, 0.4) is 0 Å². The third-order valence-corrected chi connectivity index (χ3v) is 8.23. The topological polar surface area (TPSA) is 55.8 Å². The Morgan fingerprint density at radius 1 is 0.944 bits per heavy atom. The summed E-state index contributed by atoms with van der Waals surface area (Å²) >= 11 is 2.27. The second-order valence-corrected chi connectivity index (χ2v) is 10.7. The summed E-state index contributed by atoms with van der Waals surface area (Å²) in [5.41, 5.74) is 6.05. The number of nitrogens with zero attached hydrogens (tertiary/aromatic N) is 1. The zero-order chi connectivity index (χ0) is 25.2. The highest BCUT2D eigenvalue weighted by Crippen LogP contribution is 2.50. The minimum atomic E-state index is -0.346. The lowest BCUT2D eigenvalue weighted by Gasteiger charge is -2.44. The molecule has 0 saturated carbocycles. The number of rotatable bonds is 7. The third-order valence-electron chi connectivity index (χ3n) is 7.43. The van der Waals surface area contributed by atoms with Crippen LogP contribution in [0.5, 0.6) is 11.5 Å². The van der Waals surface area contributed by atoms with E-state index in [1.165, 1.54) is 5.56 Å². The molecule has 2 aromatic carbocycles. The Balaban J connectivity index is 1.65. The second kappa shape index (κ2) is 10.8. The van der Waals surface area contributed by atoms with Crippen LogP contribution >= 0.6 is 22.6 Å². The predicted octanol–water partition coefficient (Wildman–Crippen LogP) is 6.35. The van der Waals surface area contributed by atoms with Gasteiger partial charge in [-0.2, -0.15) is 0 Å². The van der Waals surface area contributed by atoms with Crippen molar-refractivity contribution in [2.24, 2.45) is 0 Å². The fourth-order valence-electron chi connectivity index (χ4n) is 5.90. The van der Waals surface area contributed by atoms with Gasteiger partial charge in [0.1, 0.15) is 0 Å². The van der Waals surface area contributed by atoms with Crippen molar-refractivity contribution in [3.8, 4) is 11.5 Å². The van der Waals surface area contributed by atoms with E-state index in [1.54, 1.807) is 7.11 Å². The van der Waals surface area contributed by atoms with Gasteiger partial charge >= 0.3 is 0 Å². The number of carbonyl (C=O) groups excluding carboxylic acids is 2. The molecule has 2 aromatic rings. The smallest absolute Gasteiger partial charge is 0.174 e. The van der Waals surface area contributed by atoms with E-state index in [0.29, 0.717) is 30.9 Å². The quantitative estimate of drug-likeness (QED) is 0.348. The summed E-state index contributed by atoms with van der Waals surface area (Å²) in [7, 11) is 1.64. The molecule has 36 heavy (non-hydrogen) atoms. The summed E-state index contributed by atoms with van der Waals surface area (Å²) in [4.78, 5) is 29.4. The summed E-state index contributed by atoms with van der Waals surface area (Å²) in [6.07, 6.45) is 5.37. The van der Waals surface area contributed by atoms with Crippen molar-refractivity contribution in [2.75, 3.05) is 20.3 Å². The molecule has 0 atom stereocenters. The molecule has 0 radical (unpaired) electrons. The first kappa shape index (κ1) is 25.1. The SMILES string of the molecule is CCOc1c(I)cc(C2C3=C(CCCC3=O)N(CCc3ccccc3)C3=C2C(=O)CCC3)cc1OC. The molecule has 0 N–H and O–H groups in total. The number of hydrogen-bond donors (Lipinski definition) is 0. The van der Waals surface area contributed by atoms with E-state index < -0.39 is 0 Å². The number of carbonyl (C=O) groups is 2. The van der Waals surface area contributed by atoms with Gasteiger partial charge in [-0.1, -0.05) is 30.3 Å². The fraction of sp³-hybridized carbons (Fsp3) is 0.400. The van der Waals surface area contributed by atoms with Crippen LogP contribution in [0.1, 0.15) is 62.5 Å². The van der Waals surface area contributed by atoms with Gasteiger partial charge in [0.2, 0.25) is 0 Å². The van der Waals surface area contributed by atoms with Crippen LogP contribution in [0.4, 0.5) is 0 Å². The number of ketones is 2. The Kier molecular flexibility index (Phi) is 7.51. The van der Waals surface area contributed by atoms with E-state index in [4.69, 9.17) is 9.47 Å². The molecule has 5 nitrogen and oxygen atoms in total. The number of Topliss-reactive ketones (excluding diaryl/α,β-unsaturated/α-hetero) is 2. The van der Waals surface area contributed by atoms with Crippen molar-refractivity contribution >= 4 is 34.2 Å². The van der Waals surface area contributed by atoms with Crippen molar-refractivity contribution < 1.29 is 19.1 Å². The number of ether oxygens (including phenoxy) is 2. The molecular weight excluding hydrogens is 565 g/mol. The molecule has 0 aromatic heterocycles. The van der Waals surface area contributed by atoms with Crippen LogP contribution in [-0.2, 0) is 16.0 Å². The maximum absolute atomic E-state index is 13.5. The molecule has 0 saturated heterocycles. The first-order valence-corrected chi connectivity index (χ1v) is 14.0. The molecule has 0 bridgehead atoms. The summed E-state index contributed by atoms with van der Waals surface area (Å²) in [6, 6.07) is 14.5. The Morgan fingerprint density at radius 2 is 1.58 bits per heavy atom. The van der Waals surface area contributed by atoms with E-state index in [2.05, 4.69) is 57.8 Å². The Labute approximate surface area is 226 Å². The van der Waals surface area contributed by atoms with Gasteiger partial charge in [-0.3, -0.25) is 9.59 Å². The molecule has 0 spiro atoms. The zero-order valence-corrected chi connectivity index (χ0v) is 23.1. The molecule has 2 aliphatic carbocycles. The van der Waals surface area contributed by atoms with Crippen molar-refractivity contribution in [1.82, 2.24) is 4.90 Å². The lowest BCUT2D eigenvalue weighted by molar-refractivity contribution is -0.117. The van der Waals surface area contributed by atoms with Gasteiger partial charge in [-0.25, -0.2) is 0 Å². The van der Waals surface area contributed by atoms with Gasteiger partial charge in [0, 0.05) is 47.8 Å². The normalized spacial score (nSPS) is 18.4. The Morgan fingerprint density at radius 3 is 2.17 bits per heavy atom. The molecule has 0 amide bonds. The minimum Gasteiger partial charge on any atom is -0.493 e. The van der Waals surface area contributed by atoms with Crippen LogP contribution in [0, 0.1) is 3.57 Å². The molecular formula is C30H32INO4. The van der Waals surface area contributed by atoms with Gasteiger partial charge in [0.25, 0.3) is 0 Å².